The van der Waals surface area contributed by atoms with Crippen molar-refractivity contribution >= 4 is 18.5 Å². The molecule has 1 aromatic rings. The van der Waals surface area contributed by atoms with Gasteiger partial charge >= 0.3 is 0 Å². The second-order valence-electron chi connectivity index (χ2n) is 6.38. The highest BCUT2D eigenvalue weighted by molar-refractivity contribution is 5.95. The molecule has 1 aromatic heterocycles. The number of carbonyl (C=O) groups excluding carboxylic acids is 2. The smallest absolute Gasteiger partial charge is 0.271 e. The molecule has 0 saturated heterocycles. The summed E-state index contributed by atoms with van der Waals surface area (Å²) < 4.78 is 5.06. The Hall–Kier alpha value is -3.47. The van der Waals surface area contributed by atoms with E-state index in [-0.39, 0.29) is 18.0 Å². The first kappa shape index (κ1) is 22.6. The Morgan fingerprint density at radius 3 is 2.75 bits per heavy atom. The minimum Gasteiger partial charge on any atom is -0.481 e. The van der Waals surface area contributed by atoms with Gasteiger partial charge in [-0.25, -0.2) is 4.98 Å². The number of hydrogen-bond acceptors (Lipinski definition) is 6. The van der Waals surface area contributed by atoms with Crippen LogP contribution in [0.15, 0.2) is 46.9 Å². The van der Waals surface area contributed by atoms with Gasteiger partial charge in [0.1, 0.15) is 11.2 Å². The third kappa shape index (κ3) is 7.41. The second-order valence-corrected chi connectivity index (χ2v) is 6.38. The highest BCUT2D eigenvalue weighted by Gasteiger charge is 2.21. The number of amides is 2. The van der Waals surface area contributed by atoms with Crippen molar-refractivity contribution in [3.63, 3.8) is 0 Å². The molecule has 0 unspecified atom stereocenters. The number of hydrogen-bond donors (Lipinski definition) is 2. The summed E-state index contributed by atoms with van der Waals surface area (Å²) in [6.45, 7) is 8.23. The SMILES string of the molecule is C=N/C(=C\C(=C/C)NC(=O)CCc1ccnc(OC)c1)C(=O)NC(C)(C)C#N. The standard InChI is InChI=1S/C20H25N5O3/c1-6-15(12-16(22-4)19(27)25-20(2,3)13-21)24-17(26)8-7-14-9-10-23-18(11-14)28-5/h6,9-12H,4,7-8H2,1-3,5H3,(H,24,26)(H,25,27)/b15-6+,16-12-. The number of rotatable bonds is 9. The molecule has 148 valence electrons. The number of ether oxygens (including phenoxy) is 1. The molecule has 0 aliphatic rings. The molecule has 2 N–H and O–H groups in total. The Balaban J connectivity index is 2.74. The van der Waals surface area contributed by atoms with E-state index in [4.69, 9.17) is 10.00 Å². The fourth-order valence-corrected chi connectivity index (χ4v) is 2.10. The van der Waals surface area contributed by atoms with Crippen molar-refractivity contribution in [2.75, 3.05) is 7.11 Å². The maximum atomic E-state index is 12.2. The van der Waals surface area contributed by atoms with Gasteiger partial charge in [-0.3, -0.25) is 14.6 Å². The van der Waals surface area contributed by atoms with Crippen molar-refractivity contribution < 1.29 is 14.3 Å². The summed E-state index contributed by atoms with van der Waals surface area (Å²) in [7, 11) is 1.53. The van der Waals surface area contributed by atoms with Crippen LogP contribution in [0.25, 0.3) is 0 Å². The maximum absolute atomic E-state index is 12.2. The summed E-state index contributed by atoms with van der Waals surface area (Å²) in [6.07, 6.45) is 5.41. The van der Waals surface area contributed by atoms with Crippen LogP contribution in [0.1, 0.15) is 32.8 Å². The van der Waals surface area contributed by atoms with E-state index in [9.17, 15) is 9.59 Å². The number of methoxy groups -OCH3 is 1. The maximum Gasteiger partial charge on any atom is 0.271 e. The van der Waals surface area contributed by atoms with Crippen LogP contribution in [0, 0.1) is 11.3 Å². The number of aryl methyl sites for hydroxylation is 1. The van der Waals surface area contributed by atoms with Gasteiger partial charge < -0.3 is 15.4 Å². The lowest BCUT2D eigenvalue weighted by molar-refractivity contribution is -0.120. The Labute approximate surface area is 165 Å². The van der Waals surface area contributed by atoms with E-state index in [1.165, 1.54) is 13.2 Å². The normalized spacial score (nSPS) is 12.0. The Morgan fingerprint density at radius 2 is 2.18 bits per heavy atom. The molecule has 2 amide bonds. The Bertz CT molecular complexity index is 834. The van der Waals surface area contributed by atoms with E-state index in [2.05, 4.69) is 27.3 Å². The van der Waals surface area contributed by atoms with Gasteiger partial charge in [0.25, 0.3) is 5.91 Å². The van der Waals surface area contributed by atoms with Crippen LogP contribution in [0.3, 0.4) is 0 Å². The number of nitrogens with zero attached hydrogens (tertiary/aromatic N) is 3. The second kappa shape index (κ2) is 10.6. The molecule has 0 bridgehead atoms. The molecule has 28 heavy (non-hydrogen) atoms. The molecule has 0 atom stereocenters. The molecule has 8 heteroatoms. The van der Waals surface area contributed by atoms with Crippen molar-refractivity contribution in [1.82, 2.24) is 15.6 Å². The van der Waals surface area contributed by atoms with Crippen molar-refractivity contribution in [2.45, 2.75) is 39.2 Å². The van der Waals surface area contributed by atoms with Crippen molar-refractivity contribution in [1.29, 1.82) is 5.26 Å². The monoisotopic (exact) mass is 383 g/mol. The van der Waals surface area contributed by atoms with Gasteiger partial charge in [-0.05, 0) is 51.6 Å². The molecule has 1 heterocycles. The summed E-state index contributed by atoms with van der Waals surface area (Å²) in [6, 6.07) is 5.55. The van der Waals surface area contributed by atoms with Crippen LogP contribution < -0.4 is 15.4 Å². The number of pyridine rings is 1. The summed E-state index contributed by atoms with van der Waals surface area (Å²) in [5.74, 6) is -0.289. The minimum absolute atomic E-state index is 0.00408. The molecule has 0 saturated carbocycles. The van der Waals surface area contributed by atoms with Crippen LogP contribution >= 0.6 is 0 Å². The lowest BCUT2D eigenvalue weighted by Gasteiger charge is -2.17. The quantitative estimate of drug-likeness (QED) is 0.384. The number of nitrogens with one attached hydrogen (secondary N) is 2. The molecule has 0 fully saturated rings. The molecule has 1 rings (SSSR count). The Morgan fingerprint density at radius 1 is 1.46 bits per heavy atom. The average molecular weight is 383 g/mol. The van der Waals surface area contributed by atoms with Gasteiger partial charge in [-0.2, -0.15) is 5.26 Å². The number of aromatic nitrogens is 1. The first-order valence-corrected chi connectivity index (χ1v) is 8.62. The van der Waals surface area contributed by atoms with Gasteiger partial charge in [-0.15, -0.1) is 0 Å². The first-order chi connectivity index (χ1) is 13.2. The fraction of sp³-hybridized carbons (Fsp3) is 0.350. The van der Waals surface area contributed by atoms with E-state index < -0.39 is 11.4 Å². The average Bonchev–Trinajstić information content (AvgIpc) is 2.69. The van der Waals surface area contributed by atoms with Crippen molar-refractivity contribution in [3.05, 3.63) is 47.4 Å². The van der Waals surface area contributed by atoms with E-state index in [0.717, 1.165) is 5.56 Å². The number of allylic oxidation sites excluding steroid dienone is 2. The third-order valence-corrected chi connectivity index (χ3v) is 3.64. The van der Waals surface area contributed by atoms with E-state index >= 15 is 0 Å². The van der Waals surface area contributed by atoms with Crippen LogP contribution in [0.2, 0.25) is 0 Å². The van der Waals surface area contributed by atoms with Gasteiger partial charge in [0.05, 0.1) is 13.2 Å². The molecular formula is C20H25N5O3. The summed E-state index contributed by atoms with van der Waals surface area (Å²) >= 11 is 0. The molecule has 0 aliphatic heterocycles. The topological polar surface area (TPSA) is 116 Å². The van der Waals surface area contributed by atoms with Crippen LogP contribution in [-0.2, 0) is 16.0 Å². The molecule has 0 aromatic carbocycles. The predicted octanol–water partition coefficient (Wildman–Crippen LogP) is 2.05. The number of carbonyl (C=O) groups is 2. The molecular weight excluding hydrogens is 358 g/mol. The molecule has 0 aliphatic carbocycles. The number of nitriles is 1. The highest BCUT2D eigenvalue weighted by atomic mass is 16.5. The van der Waals surface area contributed by atoms with Crippen molar-refractivity contribution in [2.24, 2.45) is 4.99 Å². The predicted molar refractivity (Wildman–Crippen MR) is 106 cm³/mol. The molecule has 8 nitrogen and oxygen atoms in total. The van der Waals surface area contributed by atoms with Crippen LogP contribution in [-0.4, -0.2) is 36.2 Å². The van der Waals surface area contributed by atoms with E-state index in [1.807, 2.05) is 12.1 Å². The highest BCUT2D eigenvalue weighted by Crippen LogP contribution is 2.11. The molecule has 0 radical (unpaired) electrons. The summed E-state index contributed by atoms with van der Waals surface area (Å²) in [5, 5.41) is 14.3. The zero-order valence-corrected chi connectivity index (χ0v) is 16.6. The van der Waals surface area contributed by atoms with Gasteiger partial charge in [-0.1, -0.05) is 6.08 Å². The van der Waals surface area contributed by atoms with Crippen molar-refractivity contribution in [3.8, 4) is 11.9 Å². The zero-order valence-electron chi connectivity index (χ0n) is 16.6. The lowest BCUT2D eigenvalue weighted by atomic mass is 10.1. The lowest BCUT2D eigenvalue weighted by Crippen LogP contribution is -2.42. The zero-order chi connectivity index (χ0) is 21.2. The van der Waals surface area contributed by atoms with Gasteiger partial charge in [0.15, 0.2) is 0 Å². The van der Waals surface area contributed by atoms with Crippen LogP contribution in [0.4, 0.5) is 0 Å². The Kier molecular flexibility index (Phi) is 8.56. The third-order valence-electron chi connectivity index (χ3n) is 3.64. The van der Waals surface area contributed by atoms with E-state index in [0.29, 0.717) is 18.0 Å². The fourth-order valence-electron chi connectivity index (χ4n) is 2.10. The molecule has 0 spiro atoms. The minimum atomic E-state index is -1.05. The summed E-state index contributed by atoms with van der Waals surface area (Å²) in [5.41, 5.74) is 0.276. The largest absolute Gasteiger partial charge is 0.481 e. The first-order valence-electron chi connectivity index (χ1n) is 8.62. The summed E-state index contributed by atoms with van der Waals surface area (Å²) in [4.78, 5) is 32.2. The number of aliphatic imine (C=N–C) groups is 1. The van der Waals surface area contributed by atoms with Gasteiger partial charge in [0.2, 0.25) is 11.8 Å². The van der Waals surface area contributed by atoms with Crippen LogP contribution in [0.5, 0.6) is 5.88 Å². The van der Waals surface area contributed by atoms with Gasteiger partial charge in [0, 0.05) is 24.4 Å². The van der Waals surface area contributed by atoms with E-state index in [1.54, 1.807) is 39.1 Å².